The summed E-state index contributed by atoms with van der Waals surface area (Å²) in [7, 11) is 0. The maximum Gasteiger partial charge on any atom is 0.271 e. The number of hydrogen-bond donors (Lipinski definition) is 2. The third-order valence-corrected chi connectivity index (χ3v) is 2.54. The summed E-state index contributed by atoms with van der Waals surface area (Å²) in [6, 6.07) is 0. The van der Waals surface area contributed by atoms with Gasteiger partial charge in [0.25, 0.3) is 5.91 Å². The van der Waals surface area contributed by atoms with Crippen molar-refractivity contribution in [2.24, 2.45) is 5.41 Å². The van der Waals surface area contributed by atoms with Crippen LogP contribution < -0.4 is 5.32 Å². The largest absolute Gasteiger partial charge is 0.396 e. The molecule has 0 atom stereocenters. The molecule has 1 heterocycles. The van der Waals surface area contributed by atoms with E-state index in [9.17, 15) is 4.79 Å². The standard InChI is InChI=1S/C12H19N3O2/c1-12(2,9-16)4-3-5-15-11(17)10-8-13-6-7-14-10/h6-8,16H,3-5,9H2,1-2H3,(H,15,17). The summed E-state index contributed by atoms with van der Waals surface area (Å²) >= 11 is 0. The van der Waals surface area contributed by atoms with E-state index in [4.69, 9.17) is 5.11 Å². The third kappa shape index (κ3) is 4.91. The van der Waals surface area contributed by atoms with Crippen LogP contribution in [0.5, 0.6) is 0 Å². The van der Waals surface area contributed by atoms with E-state index in [2.05, 4.69) is 15.3 Å². The molecule has 1 rings (SSSR count). The smallest absolute Gasteiger partial charge is 0.271 e. The lowest BCUT2D eigenvalue weighted by Crippen LogP contribution is -2.27. The molecule has 5 nitrogen and oxygen atoms in total. The lowest BCUT2D eigenvalue weighted by atomic mass is 9.89. The summed E-state index contributed by atoms with van der Waals surface area (Å²) in [6.07, 6.45) is 6.15. The van der Waals surface area contributed by atoms with Gasteiger partial charge in [0, 0.05) is 25.5 Å². The second-order valence-corrected chi connectivity index (χ2v) is 4.77. The molecule has 0 aliphatic rings. The average molecular weight is 237 g/mol. The van der Waals surface area contributed by atoms with Gasteiger partial charge in [0.2, 0.25) is 0 Å². The summed E-state index contributed by atoms with van der Waals surface area (Å²) in [6.45, 7) is 4.74. The molecule has 0 aliphatic heterocycles. The number of aromatic nitrogens is 2. The maximum atomic E-state index is 11.6. The van der Waals surface area contributed by atoms with Gasteiger partial charge in [-0.05, 0) is 18.3 Å². The number of carbonyl (C=O) groups excluding carboxylic acids is 1. The van der Waals surface area contributed by atoms with Crippen LogP contribution >= 0.6 is 0 Å². The van der Waals surface area contributed by atoms with Crippen molar-refractivity contribution in [3.8, 4) is 0 Å². The average Bonchev–Trinajstić information content (AvgIpc) is 2.35. The molecule has 0 spiro atoms. The van der Waals surface area contributed by atoms with Crippen LogP contribution in [0.2, 0.25) is 0 Å². The number of hydrogen-bond acceptors (Lipinski definition) is 4. The number of nitrogens with one attached hydrogen (secondary N) is 1. The minimum atomic E-state index is -0.208. The lowest BCUT2D eigenvalue weighted by molar-refractivity contribution is 0.0943. The quantitative estimate of drug-likeness (QED) is 0.724. The van der Waals surface area contributed by atoms with Gasteiger partial charge in [0.05, 0.1) is 6.20 Å². The number of nitrogens with zero attached hydrogens (tertiary/aromatic N) is 2. The molecule has 94 valence electrons. The predicted molar refractivity (Wildman–Crippen MR) is 64.5 cm³/mol. The van der Waals surface area contributed by atoms with Crippen LogP contribution in [-0.4, -0.2) is 34.1 Å². The highest BCUT2D eigenvalue weighted by atomic mass is 16.3. The zero-order valence-electron chi connectivity index (χ0n) is 10.3. The first-order valence-corrected chi connectivity index (χ1v) is 5.70. The van der Waals surface area contributed by atoms with Crippen molar-refractivity contribution < 1.29 is 9.90 Å². The summed E-state index contributed by atoms with van der Waals surface area (Å²) in [5.41, 5.74) is 0.242. The molecule has 0 fully saturated rings. The first-order valence-electron chi connectivity index (χ1n) is 5.70. The minimum Gasteiger partial charge on any atom is -0.396 e. The topological polar surface area (TPSA) is 75.1 Å². The molecule has 5 heteroatoms. The summed E-state index contributed by atoms with van der Waals surface area (Å²) in [5, 5.41) is 11.8. The highest BCUT2D eigenvalue weighted by Crippen LogP contribution is 2.20. The Morgan fingerprint density at radius 2 is 2.24 bits per heavy atom. The van der Waals surface area contributed by atoms with Gasteiger partial charge in [0.1, 0.15) is 5.69 Å². The summed E-state index contributed by atoms with van der Waals surface area (Å²) in [5.74, 6) is -0.208. The Morgan fingerprint density at radius 1 is 1.47 bits per heavy atom. The molecule has 0 radical (unpaired) electrons. The number of amides is 1. The maximum absolute atomic E-state index is 11.6. The molecule has 0 aromatic carbocycles. The predicted octanol–water partition coefficient (Wildman–Crippen LogP) is 1.01. The molecule has 1 aromatic rings. The first-order chi connectivity index (χ1) is 8.05. The molecule has 1 aromatic heterocycles. The van der Waals surface area contributed by atoms with E-state index >= 15 is 0 Å². The van der Waals surface area contributed by atoms with Gasteiger partial charge in [-0.25, -0.2) is 4.98 Å². The summed E-state index contributed by atoms with van der Waals surface area (Å²) < 4.78 is 0. The monoisotopic (exact) mass is 237 g/mol. The van der Waals surface area contributed by atoms with Crippen molar-refractivity contribution >= 4 is 5.91 Å². The van der Waals surface area contributed by atoms with Crippen molar-refractivity contribution in [2.75, 3.05) is 13.2 Å². The highest BCUT2D eigenvalue weighted by Gasteiger charge is 2.15. The number of aliphatic hydroxyl groups excluding tert-OH is 1. The molecule has 0 saturated heterocycles. The Bertz CT molecular complexity index is 352. The van der Waals surface area contributed by atoms with Crippen LogP contribution in [0.1, 0.15) is 37.2 Å². The van der Waals surface area contributed by atoms with Crippen molar-refractivity contribution in [2.45, 2.75) is 26.7 Å². The van der Waals surface area contributed by atoms with Crippen LogP contribution in [0.15, 0.2) is 18.6 Å². The van der Waals surface area contributed by atoms with E-state index in [0.29, 0.717) is 12.2 Å². The molecule has 1 amide bonds. The summed E-state index contributed by atoms with van der Waals surface area (Å²) in [4.78, 5) is 19.3. The van der Waals surface area contributed by atoms with Gasteiger partial charge in [-0.2, -0.15) is 0 Å². The molecule has 0 unspecified atom stereocenters. The molecule has 0 saturated carbocycles. The highest BCUT2D eigenvalue weighted by molar-refractivity contribution is 5.91. The second kappa shape index (κ2) is 6.30. The van der Waals surface area contributed by atoms with Crippen LogP contribution in [-0.2, 0) is 0 Å². The molecule has 17 heavy (non-hydrogen) atoms. The normalized spacial score (nSPS) is 11.2. The molecular formula is C12H19N3O2. The van der Waals surface area contributed by atoms with Gasteiger partial charge in [0.15, 0.2) is 0 Å². The first kappa shape index (κ1) is 13.6. The van der Waals surface area contributed by atoms with Gasteiger partial charge in [-0.15, -0.1) is 0 Å². The van der Waals surface area contributed by atoms with Crippen LogP contribution in [0.25, 0.3) is 0 Å². The Morgan fingerprint density at radius 3 is 2.82 bits per heavy atom. The second-order valence-electron chi connectivity index (χ2n) is 4.77. The van der Waals surface area contributed by atoms with Crippen molar-refractivity contribution in [3.05, 3.63) is 24.3 Å². The number of rotatable bonds is 6. The van der Waals surface area contributed by atoms with Gasteiger partial charge in [-0.1, -0.05) is 13.8 Å². The Labute approximate surface area is 101 Å². The van der Waals surface area contributed by atoms with E-state index < -0.39 is 0 Å². The Kier molecular flexibility index (Phi) is 5.03. The van der Waals surface area contributed by atoms with Gasteiger partial charge in [-0.3, -0.25) is 9.78 Å². The van der Waals surface area contributed by atoms with Crippen LogP contribution in [0.3, 0.4) is 0 Å². The SMILES string of the molecule is CC(C)(CO)CCCNC(=O)c1cnccn1. The zero-order chi connectivity index (χ0) is 12.7. The molecular weight excluding hydrogens is 218 g/mol. The number of aliphatic hydroxyl groups is 1. The number of carbonyl (C=O) groups is 1. The zero-order valence-corrected chi connectivity index (χ0v) is 10.3. The molecule has 0 bridgehead atoms. The van der Waals surface area contributed by atoms with E-state index in [1.54, 1.807) is 0 Å². The van der Waals surface area contributed by atoms with Gasteiger partial charge >= 0.3 is 0 Å². The molecule has 0 aliphatic carbocycles. The van der Waals surface area contributed by atoms with E-state index in [-0.39, 0.29) is 17.9 Å². The third-order valence-electron chi connectivity index (χ3n) is 2.54. The fourth-order valence-corrected chi connectivity index (χ4v) is 1.35. The van der Waals surface area contributed by atoms with Crippen LogP contribution in [0, 0.1) is 5.41 Å². The van der Waals surface area contributed by atoms with E-state index in [1.807, 2.05) is 13.8 Å². The van der Waals surface area contributed by atoms with Crippen LogP contribution in [0.4, 0.5) is 0 Å². The van der Waals surface area contributed by atoms with E-state index in [1.165, 1.54) is 18.6 Å². The van der Waals surface area contributed by atoms with Crippen molar-refractivity contribution in [1.82, 2.24) is 15.3 Å². The molecule has 2 N–H and O–H groups in total. The Hall–Kier alpha value is -1.49. The Balaban J connectivity index is 2.26. The van der Waals surface area contributed by atoms with E-state index in [0.717, 1.165) is 12.8 Å². The lowest BCUT2D eigenvalue weighted by Gasteiger charge is -2.21. The fraction of sp³-hybridized carbons (Fsp3) is 0.583. The van der Waals surface area contributed by atoms with Crippen molar-refractivity contribution in [1.29, 1.82) is 0 Å². The van der Waals surface area contributed by atoms with Crippen molar-refractivity contribution in [3.63, 3.8) is 0 Å². The minimum absolute atomic E-state index is 0.0860. The fourth-order valence-electron chi connectivity index (χ4n) is 1.35. The van der Waals surface area contributed by atoms with Gasteiger partial charge < -0.3 is 10.4 Å².